The second kappa shape index (κ2) is 6.14. The van der Waals surface area contributed by atoms with Crippen molar-refractivity contribution in [1.82, 2.24) is 4.90 Å². The molecule has 0 saturated heterocycles. The van der Waals surface area contributed by atoms with Gasteiger partial charge in [0.05, 0.1) is 12.9 Å². The first-order chi connectivity index (χ1) is 7.20. The highest BCUT2D eigenvalue weighted by molar-refractivity contribution is 5.56. The summed E-state index contributed by atoms with van der Waals surface area (Å²) >= 11 is 0. The minimum atomic E-state index is 0.575. The monoisotopic (exact) mass is 210 g/mol. The molecule has 0 N–H and O–H groups in total. The molecule has 15 heavy (non-hydrogen) atoms. The van der Waals surface area contributed by atoms with Gasteiger partial charge in [0, 0.05) is 13.1 Å². The van der Waals surface area contributed by atoms with E-state index < -0.39 is 0 Å². The molecule has 1 rings (SSSR count). The minimum absolute atomic E-state index is 0.575. The highest BCUT2D eigenvalue weighted by atomic mass is 15.2. The standard InChI is InChI=1S/C13H26N2/c1-4-7-13(3,5-2)8-6-10-15-11-9-14-12-15/h12H,4-11H2,1-3H3. The van der Waals surface area contributed by atoms with Crippen molar-refractivity contribution in [2.24, 2.45) is 10.4 Å². The normalized spacial score (nSPS) is 19.5. The molecular weight excluding hydrogens is 184 g/mol. The van der Waals surface area contributed by atoms with E-state index in [1.54, 1.807) is 0 Å². The van der Waals surface area contributed by atoms with Crippen LogP contribution in [-0.2, 0) is 0 Å². The molecule has 0 bridgehead atoms. The highest BCUT2D eigenvalue weighted by Crippen LogP contribution is 2.32. The number of hydrogen-bond donors (Lipinski definition) is 0. The van der Waals surface area contributed by atoms with Crippen molar-refractivity contribution in [2.45, 2.75) is 52.9 Å². The lowest BCUT2D eigenvalue weighted by Gasteiger charge is -2.28. The molecule has 1 atom stereocenters. The van der Waals surface area contributed by atoms with E-state index in [0.29, 0.717) is 5.41 Å². The Kier molecular flexibility index (Phi) is 5.13. The van der Waals surface area contributed by atoms with Gasteiger partial charge >= 0.3 is 0 Å². The molecule has 0 aliphatic carbocycles. The summed E-state index contributed by atoms with van der Waals surface area (Å²) in [5, 5.41) is 0. The Balaban J connectivity index is 2.18. The first-order valence-corrected chi connectivity index (χ1v) is 6.44. The Morgan fingerprint density at radius 1 is 1.33 bits per heavy atom. The third-order valence-corrected chi connectivity index (χ3v) is 3.69. The lowest BCUT2D eigenvalue weighted by molar-refractivity contribution is 0.242. The van der Waals surface area contributed by atoms with E-state index in [1.165, 1.54) is 38.6 Å². The van der Waals surface area contributed by atoms with E-state index in [1.807, 2.05) is 6.34 Å². The van der Waals surface area contributed by atoms with Crippen molar-refractivity contribution in [2.75, 3.05) is 19.6 Å². The zero-order valence-electron chi connectivity index (χ0n) is 10.6. The molecule has 2 nitrogen and oxygen atoms in total. The molecule has 0 saturated carbocycles. The van der Waals surface area contributed by atoms with Crippen LogP contribution in [-0.4, -0.2) is 30.9 Å². The summed E-state index contributed by atoms with van der Waals surface area (Å²) < 4.78 is 0. The van der Waals surface area contributed by atoms with Crippen molar-refractivity contribution in [3.63, 3.8) is 0 Å². The zero-order valence-corrected chi connectivity index (χ0v) is 10.6. The van der Waals surface area contributed by atoms with Crippen LogP contribution in [0, 0.1) is 5.41 Å². The van der Waals surface area contributed by atoms with E-state index in [-0.39, 0.29) is 0 Å². The molecule has 0 fully saturated rings. The molecule has 0 aromatic heterocycles. The fourth-order valence-electron chi connectivity index (χ4n) is 2.38. The molecule has 1 aliphatic rings. The van der Waals surface area contributed by atoms with E-state index in [0.717, 1.165) is 13.1 Å². The number of hydrogen-bond acceptors (Lipinski definition) is 2. The molecule has 0 amide bonds. The fraction of sp³-hybridized carbons (Fsp3) is 0.923. The lowest BCUT2D eigenvalue weighted by Crippen LogP contribution is -2.23. The number of aliphatic imine (C=N–C) groups is 1. The van der Waals surface area contributed by atoms with Crippen molar-refractivity contribution in [1.29, 1.82) is 0 Å². The molecule has 1 unspecified atom stereocenters. The van der Waals surface area contributed by atoms with Crippen LogP contribution in [0.5, 0.6) is 0 Å². The predicted octanol–water partition coefficient (Wildman–Crippen LogP) is 3.33. The molecular formula is C13H26N2. The Morgan fingerprint density at radius 2 is 2.13 bits per heavy atom. The maximum Gasteiger partial charge on any atom is 0.0851 e. The van der Waals surface area contributed by atoms with E-state index in [2.05, 4.69) is 30.7 Å². The van der Waals surface area contributed by atoms with Crippen LogP contribution in [0.1, 0.15) is 52.9 Å². The molecule has 0 spiro atoms. The highest BCUT2D eigenvalue weighted by Gasteiger charge is 2.20. The van der Waals surface area contributed by atoms with Gasteiger partial charge in [-0.05, 0) is 24.7 Å². The largest absolute Gasteiger partial charge is 0.361 e. The summed E-state index contributed by atoms with van der Waals surface area (Å²) in [5.41, 5.74) is 0.575. The smallest absolute Gasteiger partial charge is 0.0851 e. The van der Waals surface area contributed by atoms with Gasteiger partial charge in [0.25, 0.3) is 0 Å². The Bertz CT molecular complexity index is 201. The van der Waals surface area contributed by atoms with Crippen LogP contribution in [0.25, 0.3) is 0 Å². The first kappa shape index (κ1) is 12.5. The predicted molar refractivity (Wildman–Crippen MR) is 67.5 cm³/mol. The van der Waals surface area contributed by atoms with Gasteiger partial charge in [-0.25, -0.2) is 0 Å². The van der Waals surface area contributed by atoms with Gasteiger partial charge in [-0.3, -0.25) is 4.99 Å². The van der Waals surface area contributed by atoms with E-state index in [9.17, 15) is 0 Å². The van der Waals surface area contributed by atoms with Crippen molar-refractivity contribution < 1.29 is 0 Å². The topological polar surface area (TPSA) is 15.6 Å². The third-order valence-electron chi connectivity index (χ3n) is 3.69. The van der Waals surface area contributed by atoms with Gasteiger partial charge in [-0.2, -0.15) is 0 Å². The SMILES string of the molecule is CCCC(C)(CC)CCCN1C=NCC1. The van der Waals surface area contributed by atoms with Crippen molar-refractivity contribution >= 4 is 6.34 Å². The van der Waals surface area contributed by atoms with Crippen LogP contribution >= 0.6 is 0 Å². The van der Waals surface area contributed by atoms with Crippen LogP contribution < -0.4 is 0 Å². The number of nitrogens with zero attached hydrogens (tertiary/aromatic N) is 2. The van der Waals surface area contributed by atoms with Gasteiger partial charge in [-0.1, -0.05) is 33.6 Å². The van der Waals surface area contributed by atoms with Gasteiger partial charge < -0.3 is 4.90 Å². The minimum Gasteiger partial charge on any atom is -0.361 e. The Hall–Kier alpha value is -0.530. The van der Waals surface area contributed by atoms with Crippen LogP contribution in [0.2, 0.25) is 0 Å². The second-order valence-corrected chi connectivity index (χ2v) is 5.08. The molecule has 0 aromatic rings. The first-order valence-electron chi connectivity index (χ1n) is 6.44. The van der Waals surface area contributed by atoms with E-state index in [4.69, 9.17) is 0 Å². The average Bonchev–Trinajstić information content (AvgIpc) is 2.71. The Morgan fingerprint density at radius 3 is 2.67 bits per heavy atom. The van der Waals surface area contributed by atoms with Gasteiger partial charge in [-0.15, -0.1) is 0 Å². The lowest BCUT2D eigenvalue weighted by atomic mass is 9.79. The summed E-state index contributed by atoms with van der Waals surface area (Å²) in [6.45, 7) is 10.4. The Labute approximate surface area is 94.8 Å². The average molecular weight is 210 g/mol. The van der Waals surface area contributed by atoms with Gasteiger partial charge in [0.15, 0.2) is 0 Å². The van der Waals surface area contributed by atoms with E-state index >= 15 is 0 Å². The van der Waals surface area contributed by atoms with Crippen molar-refractivity contribution in [3.8, 4) is 0 Å². The summed E-state index contributed by atoms with van der Waals surface area (Å²) in [6.07, 6.45) is 8.70. The molecule has 88 valence electrons. The van der Waals surface area contributed by atoms with Crippen LogP contribution in [0.15, 0.2) is 4.99 Å². The summed E-state index contributed by atoms with van der Waals surface area (Å²) in [4.78, 5) is 6.59. The molecule has 1 aliphatic heterocycles. The molecule has 0 radical (unpaired) electrons. The second-order valence-electron chi connectivity index (χ2n) is 5.08. The zero-order chi connectivity index (χ0) is 11.1. The van der Waals surface area contributed by atoms with Gasteiger partial charge in [0.1, 0.15) is 0 Å². The quantitative estimate of drug-likeness (QED) is 0.629. The summed E-state index contributed by atoms with van der Waals surface area (Å²) in [5.74, 6) is 0. The van der Waals surface area contributed by atoms with Crippen LogP contribution in [0.3, 0.4) is 0 Å². The molecule has 1 heterocycles. The van der Waals surface area contributed by atoms with Crippen molar-refractivity contribution in [3.05, 3.63) is 0 Å². The fourth-order valence-corrected chi connectivity index (χ4v) is 2.38. The maximum atomic E-state index is 4.24. The van der Waals surface area contributed by atoms with Crippen LogP contribution in [0.4, 0.5) is 0 Å². The maximum absolute atomic E-state index is 4.24. The summed E-state index contributed by atoms with van der Waals surface area (Å²) in [6, 6.07) is 0. The third kappa shape index (κ3) is 4.23. The molecule has 0 aromatic carbocycles. The van der Waals surface area contributed by atoms with Gasteiger partial charge in [0.2, 0.25) is 0 Å². The number of rotatable bonds is 7. The molecule has 2 heteroatoms. The summed E-state index contributed by atoms with van der Waals surface area (Å²) in [7, 11) is 0.